The standard InChI is InChI=1S/C10H21NO/c1-2-9(8-11)12-10-6-4-3-5-7-10/h9-10H,2-8,11H2,1H3. The van der Waals surface area contributed by atoms with Crippen molar-refractivity contribution in [3.8, 4) is 0 Å². The third-order valence-electron chi connectivity index (χ3n) is 2.66. The van der Waals surface area contributed by atoms with E-state index in [1.807, 2.05) is 0 Å². The summed E-state index contributed by atoms with van der Waals surface area (Å²) >= 11 is 0. The molecule has 0 aromatic rings. The van der Waals surface area contributed by atoms with Gasteiger partial charge in [0, 0.05) is 6.54 Å². The van der Waals surface area contributed by atoms with Crippen molar-refractivity contribution in [1.82, 2.24) is 0 Å². The summed E-state index contributed by atoms with van der Waals surface area (Å²) in [6.45, 7) is 2.81. The maximum atomic E-state index is 5.86. The second-order valence-electron chi connectivity index (χ2n) is 3.66. The second-order valence-corrected chi connectivity index (χ2v) is 3.66. The van der Waals surface area contributed by atoms with Gasteiger partial charge in [-0.05, 0) is 19.3 Å². The van der Waals surface area contributed by atoms with Crippen molar-refractivity contribution in [3.05, 3.63) is 0 Å². The van der Waals surface area contributed by atoms with Gasteiger partial charge in [-0.25, -0.2) is 0 Å². The van der Waals surface area contributed by atoms with Crippen molar-refractivity contribution in [2.75, 3.05) is 6.54 Å². The van der Waals surface area contributed by atoms with Crippen LogP contribution in [-0.2, 0) is 4.74 Å². The van der Waals surface area contributed by atoms with Gasteiger partial charge in [-0.3, -0.25) is 0 Å². The minimum absolute atomic E-state index is 0.299. The second kappa shape index (κ2) is 5.55. The fourth-order valence-corrected chi connectivity index (χ4v) is 1.79. The van der Waals surface area contributed by atoms with Crippen molar-refractivity contribution < 1.29 is 4.74 Å². The lowest BCUT2D eigenvalue weighted by Gasteiger charge is -2.26. The Labute approximate surface area is 75.5 Å². The summed E-state index contributed by atoms with van der Waals surface area (Å²) < 4.78 is 5.86. The molecule has 0 radical (unpaired) electrons. The molecule has 0 heterocycles. The molecular formula is C10H21NO. The molecule has 0 aromatic heterocycles. The summed E-state index contributed by atoms with van der Waals surface area (Å²) in [4.78, 5) is 0. The fourth-order valence-electron chi connectivity index (χ4n) is 1.79. The average Bonchev–Trinajstić information content (AvgIpc) is 2.16. The zero-order valence-electron chi connectivity index (χ0n) is 8.09. The Morgan fingerprint density at radius 2 is 2.00 bits per heavy atom. The Kier molecular flexibility index (Phi) is 4.62. The zero-order chi connectivity index (χ0) is 8.81. The van der Waals surface area contributed by atoms with Gasteiger partial charge in [-0.1, -0.05) is 26.2 Å². The summed E-state index contributed by atoms with van der Waals surface area (Å²) in [6, 6.07) is 0. The zero-order valence-corrected chi connectivity index (χ0v) is 8.09. The highest BCUT2D eigenvalue weighted by Crippen LogP contribution is 2.21. The van der Waals surface area contributed by atoms with E-state index in [1.165, 1.54) is 32.1 Å². The average molecular weight is 171 g/mol. The molecule has 0 spiro atoms. The third-order valence-corrected chi connectivity index (χ3v) is 2.66. The van der Waals surface area contributed by atoms with Gasteiger partial charge >= 0.3 is 0 Å². The van der Waals surface area contributed by atoms with Gasteiger partial charge < -0.3 is 10.5 Å². The van der Waals surface area contributed by atoms with E-state index in [4.69, 9.17) is 10.5 Å². The van der Waals surface area contributed by atoms with Crippen LogP contribution in [0.4, 0.5) is 0 Å². The van der Waals surface area contributed by atoms with Gasteiger partial charge in [0.05, 0.1) is 12.2 Å². The van der Waals surface area contributed by atoms with E-state index in [0.29, 0.717) is 18.8 Å². The van der Waals surface area contributed by atoms with Crippen molar-refractivity contribution >= 4 is 0 Å². The normalized spacial score (nSPS) is 22.5. The van der Waals surface area contributed by atoms with Crippen LogP contribution in [0.25, 0.3) is 0 Å². The van der Waals surface area contributed by atoms with E-state index >= 15 is 0 Å². The highest BCUT2D eigenvalue weighted by Gasteiger charge is 2.16. The van der Waals surface area contributed by atoms with Gasteiger partial charge in [0.15, 0.2) is 0 Å². The van der Waals surface area contributed by atoms with Crippen LogP contribution in [0.2, 0.25) is 0 Å². The van der Waals surface area contributed by atoms with Crippen LogP contribution in [-0.4, -0.2) is 18.8 Å². The first kappa shape index (κ1) is 10.0. The summed E-state index contributed by atoms with van der Waals surface area (Å²) in [5.74, 6) is 0. The van der Waals surface area contributed by atoms with Crippen molar-refractivity contribution in [2.24, 2.45) is 5.73 Å². The van der Waals surface area contributed by atoms with E-state index < -0.39 is 0 Å². The van der Waals surface area contributed by atoms with Gasteiger partial charge in [-0.2, -0.15) is 0 Å². The monoisotopic (exact) mass is 171 g/mol. The van der Waals surface area contributed by atoms with Crippen LogP contribution < -0.4 is 5.73 Å². The molecule has 0 aromatic carbocycles. The minimum atomic E-state index is 0.299. The number of hydrogen-bond donors (Lipinski definition) is 1. The fraction of sp³-hybridized carbons (Fsp3) is 1.00. The molecule has 0 bridgehead atoms. The lowest BCUT2D eigenvalue weighted by atomic mass is 9.97. The molecule has 0 amide bonds. The smallest absolute Gasteiger partial charge is 0.0698 e. The van der Waals surface area contributed by atoms with Crippen LogP contribution in [0.3, 0.4) is 0 Å². The molecule has 0 saturated heterocycles. The number of rotatable bonds is 4. The Bertz CT molecular complexity index is 106. The summed E-state index contributed by atoms with van der Waals surface area (Å²) in [7, 11) is 0. The molecule has 1 atom stereocenters. The first-order valence-corrected chi connectivity index (χ1v) is 5.22. The Morgan fingerprint density at radius 3 is 2.50 bits per heavy atom. The number of ether oxygens (including phenoxy) is 1. The molecule has 2 N–H and O–H groups in total. The lowest BCUT2D eigenvalue weighted by Crippen LogP contribution is -2.29. The maximum Gasteiger partial charge on any atom is 0.0698 e. The van der Waals surface area contributed by atoms with Crippen LogP contribution >= 0.6 is 0 Å². The van der Waals surface area contributed by atoms with E-state index in [1.54, 1.807) is 0 Å². The first-order valence-electron chi connectivity index (χ1n) is 5.22. The number of hydrogen-bond acceptors (Lipinski definition) is 2. The summed E-state index contributed by atoms with van der Waals surface area (Å²) in [5.41, 5.74) is 5.58. The predicted molar refractivity (Wildman–Crippen MR) is 51.1 cm³/mol. The van der Waals surface area contributed by atoms with Crippen molar-refractivity contribution in [2.45, 2.75) is 57.7 Å². The largest absolute Gasteiger partial charge is 0.374 e. The Hall–Kier alpha value is -0.0800. The Balaban J connectivity index is 2.18. The molecule has 1 unspecified atom stereocenters. The van der Waals surface area contributed by atoms with Crippen LogP contribution in [0.5, 0.6) is 0 Å². The molecular weight excluding hydrogens is 150 g/mol. The van der Waals surface area contributed by atoms with E-state index in [0.717, 1.165) is 6.42 Å². The molecule has 12 heavy (non-hydrogen) atoms. The minimum Gasteiger partial charge on any atom is -0.374 e. The van der Waals surface area contributed by atoms with Crippen molar-refractivity contribution in [1.29, 1.82) is 0 Å². The molecule has 0 aliphatic heterocycles. The molecule has 1 fully saturated rings. The van der Waals surface area contributed by atoms with Gasteiger partial charge in [0.1, 0.15) is 0 Å². The SMILES string of the molecule is CCC(CN)OC1CCCCC1. The summed E-state index contributed by atoms with van der Waals surface area (Å²) in [5, 5.41) is 0. The van der Waals surface area contributed by atoms with E-state index in [-0.39, 0.29) is 0 Å². The van der Waals surface area contributed by atoms with Crippen molar-refractivity contribution in [3.63, 3.8) is 0 Å². The predicted octanol–water partition coefficient (Wildman–Crippen LogP) is 2.07. The lowest BCUT2D eigenvalue weighted by molar-refractivity contribution is -0.0265. The van der Waals surface area contributed by atoms with Gasteiger partial charge in [0.2, 0.25) is 0 Å². The van der Waals surface area contributed by atoms with Crippen LogP contribution in [0, 0.1) is 0 Å². The molecule has 1 aliphatic carbocycles. The maximum absolute atomic E-state index is 5.86. The molecule has 1 rings (SSSR count). The molecule has 72 valence electrons. The van der Waals surface area contributed by atoms with Crippen LogP contribution in [0.15, 0.2) is 0 Å². The first-order chi connectivity index (χ1) is 5.86. The highest BCUT2D eigenvalue weighted by atomic mass is 16.5. The third kappa shape index (κ3) is 3.11. The molecule has 2 heteroatoms. The van der Waals surface area contributed by atoms with Gasteiger partial charge in [-0.15, -0.1) is 0 Å². The molecule has 1 saturated carbocycles. The van der Waals surface area contributed by atoms with E-state index in [9.17, 15) is 0 Å². The van der Waals surface area contributed by atoms with Crippen LogP contribution in [0.1, 0.15) is 45.4 Å². The topological polar surface area (TPSA) is 35.2 Å². The summed E-state index contributed by atoms with van der Waals surface area (Å²) in [6.07, 6.45) is 8.41. The molecule has 1 aliphatic rings. The van der Waals surface area contributed by atoms with Gasteiger partial charge in [0.25, 0.3) is 0 Å². The highest BCUT2D eigenvalue weighted by molar-refractivity contribution is 4.68. The Morgan fingerprint density at radius 1 is 1.33 bits per heavy atom. The quantitative estimate of drug-likeness (QED) is 0.702. The van der Waals surface area contributed by atoms with E-state index in [2.05, 4.69) is 6.92 Å². The molecule has 2 nitrogen and oxygen atoms in total. The number of nitrogens with two attached hydrogens (primary N) is 1.